The van der Waals surface area contributed by atoms with E-state index < -0.39 is 0 Å². The Kier molecular flexibility index (Phi) is 6.32. The lowest BCUT2D eigenvalue weighted by molar-refractivity contribution is -0.131. The van der Waals surface area contributed by atoms with Crippen molar-refractivity contribution in [2.75, 3.05) is 20.3 Å². The molecule has 0 N–H and O–H groups in total. The van der Waals surface area contributed by atoms with Gasteiger partial charge in [0.15, 0.2) is 0 Å². The summed E-state index contributed by atoms with van der Waals surface area (Å²) in [6.07, 6.45) is 19.4. The van der Waals surface area contributed by atoms with Gasteiger partial charge in [0.1, 0.15) is 0 Å². The minimum absolute atomic E-state index is 0.111. The van der Waals surface area contributed by atoms with Gasteiger partial charge in [0.05, 0.1) is 30.5 Å². The molecule has 2 aromatic rings. The zero-order valence-corrected chi connectivity index (χ0v) is 21.3. The highest BCUT2D eigenvalue weighted by molar-refractivity contribution is 5.82. The topological polar surface area (TPSA) is 40.6 Å². The lowest BCUT2D eigenvalue weighted by Gasteiger charge is -2.48. The summed E-state index contributed by atoms with van der Waals surface area (Å²) >= 11 is 0. The first-order valence-electron chi connectivity index (χ1n) is 13.7. The number of allylic oxidation sites excluding steroid dienone is 1. The number of ether oxygens (including phenoxy) is 3. The Morgan fingerprint density at radius 1 is 1.06 bits per heavy atom. The maximum atomic E-state index is 7.26. The molecule has 3 heterocycles. The zero-order chi connectivity index (χ0) is 23.9. The number of rotatable bonds is 5. The zero-order valence-electron chi connectivity index (χ0n) is 21.3. The molecule has 2 aliphatic carbocycles. The number of benzene rings is 1. The Balaban J connectivity index is 1.24. The van der Waals surface area contributed by atoms with Crippen LogP contribution >= 0.6 is 0 Å². The molecule has 4 nitrogen and oxygen atoms in total. The van der Waals surface area contributed by atoms with E-state index in [9.17, 15) is 0 Å². The molecule has 186 valence electrons. The van der Waals surface area contributed by atoms with E-state index in [-0.39, 0.29) is 17.3 Å². The van der Waals surface area contributed by atoms with Crippen molar-refractivity contribution >= 4 is 10.8 Å². The Morgan fingerprint density at radius 3 is 2.91 bits per heavy atom. The van der Waals surface area contributed by atoms with Gasteiger partial charge in [-0.15, -0.1) is 0 Å². The van der Waals surface area contributed by atoms with Crippen LogP contribution < -0.4 is 0 Å². The molecule has 35 heavy (non-hydrogen) atoms. The minimum atomic E-state index is -0.125. The maximum Gasteiger partial charge on any atom is 0.0966 e. The van der Waals surface area contributed by atoms with Gasteiger partial charge in [-0.3, -0.25) is 4.98 Å². The fourth-order valence-corrected chi connectivity index (χ4v) is 7.33. The number of methoxy groups -OCH3 is 1. The van der Waals surface area contributed by atoms with Crippen molar-refractivity contribution in [1.82, 2.24) is 4.98 Å². The molecular weight excluding hydrogens is 434 g/mol. The Hall–Kier alpha value is -2.01. The Bertz CT molecular complexity index is 1140. The predicted molar refractivity (Wildman–Crippen MR) is 140 cm³/mol. The minimum Gasteiger partial charge on any atom is -0.382 e. The summed E-state index contributed by atoms with van der Waals surface area (Å²) in [5, 5.41) is 2.52. The third-order valence-corrected chi connectivity index (χ3v) is 9.37. The van der Waals surface area contributed by atoms with Crippen molar-refractivity contribution in [2.45, 2.75) is 87.9 Å². The van der Waals surface area contributed by atoms with Crippen LogP contribution in [0.3, 0.4) is 0 Å². The standard InChI is InChI=1S/C31H39NO3/c1-22-6-7-23(25-9-8-24-12-15-32-21-26(24)18-25)4-3-5-28-19-27-10-11-29(34-17-16-33-2)20-30(27)13-14-31(22,28)35-30/h5,8-9,12,15,18-19,21-23,29H,3-4,6-7,10-11,13-14,16-17,20H2,1-2H3. The number of nitrogens with zero attached hydrogens (tertiary/aromatic N) is 1. The van der Waals surface area contributed by atoms with Crippen molar-refractivity contribution in [2.24, 2.45) is 5.92 Å². The summed E-state index contributed by atoms with van der Waals surface area (Å²) in [7, 11) is 1.74. The van der Waals surface area contributed by atoms with Gasteiger partial charge in [-0.1, -0.05) is 31.2 Å². The first kappa shape index (κ1) is 23.4. The second kappa shape index (κ2) is 9.46. The Labute approximate surface area is 209 Å². The van der Waals surface area contributed by atoms with Crippen LogP contribution in [0.15, 0.2) is 60.0 Å². The summed E-state index contributed by atoms with van der Waals surface area (Å²) in [6, 6.07) is 9.08. The summed E-state index contributed by atoms with van der Waals surface area (Å²) in [4.78, 5) is 4.35. The van der Waals surface area contributed by atoms with E-state index in [1.807, 2.05) is 12.4 Å². The van der Waals surface area contributed by atoms with Gasteiger partial charge >= 0.3 is 0 Å². The fourth-order valence-electron chi connectivity index (χ4n) is 7.33. The van der Waals surface area contributed by atoms with E-state index in [2.05, 4.69) is 48.3 Å². The van der Waals surface area contributed by atoms with E-state index in [4.69, 9.17) is 14.2 Å². The van der Waals surface area contributed by atoms with Crippen molar-refractivity contribution in [3.05, 3.63) is 65.5 Å². The van der Waals surface area contributed by atoms with Gasteiger partial charge in [0.2, 0.25) is 0 Å². The lowest BCUT2D eigenvalue weighted by atomic mass is 9.74. The molecule has 2 fully saturated rings. The highest BCUT2D eigenvalue weighted by Crippen LogP contribution is 2.59. The van der Waals surface area contributed by atoms with E-state index in [1.54, 1.807) is 7.11 Å². The first-order valence-corrected chi connectivity index (χ1v) is 13.7. The second-order valence-corrected chi connectivity index (χ2v) is 11.3. The number of pyridine rings is 1. The molecule has 1 saturated heterocycles. The molecule has 4 heteroatoms. The van der Waals surface area contributed by atoms with Crippen LogP contribution in [0.1, 0.15) is 76.2 Å². The third-order valence-electron chi connectivity index (χ3n) is 9.37. The molecule has 5 unspecified atom stereocenters. The molecular formula is C31H39NO3. The normalized spacial score (nSPS) is 34.7. The maximum absolute atomic E-state index is 7.26. The van der Waals surface area contributed by atoms with Gasteiger partial charge in [-0.05, 0) is 97.4 Å². The van der Waals surface area contributed by atoms with Gasteiger partial charge < -0.3 is 14.2 Å². The van der Waals surface area contributed by atoms with Crippen LogP contribution in [-0.4, -0.2) is 42.6 Å². The van der Waals surface area contributed by atoms with Gasteiger partial charge in [0, 0.05) is 31.3 Å². The number of fused-ring (bicyclic) bond motifs is 1. The summed E-state index contributed by atoms with van der Waals surface area (Å²) in [5.41, 5.74) is 4.22. The van der Waals surface area contributed by atoms with E-state index in [0.29, 0.717) is 25.0 Å². The summed E-state index contributed by atoms with van der Waals surface area (Å²) in [5.74, 6) is 1.09. The predicted octanol–water partition coefficient (Wildman–Crippen LogP) is 6.90. The SMILES string of the molecule is COCCOC1CCC2=CC3=CCCC(c4ccc5ccncc5c4)CCC(C)C34CCC2(C1)O4. The molecule has 1 aromatic heterocycles. The molecule has 4 aliphatic rings. The molecule has 0 radical (unpaired) electrons. The van der Waals surface area contributed by atoms with Crippen LogP contribution in [-0.2, 0) is 14.2 Å². The van der Waals surface area contributed by atoms with Crippen LogP contribution in [0, 0.1) is 5.92 Å². The molecule has 0 amide bonds. The largest absolute Gasteiger partial charge is 0.382 e. The quantitative estimate of drug-likeness (QED) is 0.443. The van der Waals surface area contributed by atoms with Crippen LogP contribution in [0.4, 0.5) is 0 Å². The van der Waals surface area contributed by atoms with Crippen LogP contribution in [0.25, 0.3) is 10.8 Å². The van der Waals surface area contributed by atoms with E-state index in [0.717, 1.165) is 38.5 Å². The number of aromatic nitrogens is 1. The molecule has 1 saturated carbocycles. The first-order chi connectivity index (χ1) is 17.1. The molecule has 2 aliphatic heterocycles. The van der Waals surface area contributed by atoms with Crippen LogP contribution in [0.5, 0.6) is 0 Å². The van der Waals surface area contributed by atoms with E-state index in [1.165, 1.54) is 46.7 Å². The summed E-state index contributed by atoms with van der Waals surface area (Å²) in [6.45, 7) is 3.78. The number of hydrogen-bond acceptors (Lipinski definition) is 4. The average molecular weight is 474 g/mol. The smallest absolute Gasteiger partial charge is 0.0966 e. The van der Waals surface area contributed by atoms with E-state index >= 15 is 0 Å². The summed E-state index contributed by atoms with van der Waals surface area (Å²) < 4.78 is 18.7. The van der Waals surface area contributed by atoms with Crippen molar-refractivity contribution in [1.29, 1.82) is 0 Å². The van der Waals surface area contributed by atoms with Gasteiger partial charge in [-0.2, -0.15) is 0 Å². The number of hydrogen-bond donors (Lipinski definition) is 0. The van der Waals surface area contributed by atoms with Crippen molar-refractivity contribution < 1.29 is 14.2 Å². The molecule has 5 atom stereocenters. The lowest BCUT2D eigenvalue weighted by Crippen LogP contribution is -2.49. The van der Waals surface area contributed by atoms with Crippen LogP contribution in [0.2, 0.25) is 0 Å². The fraction of sp³-hybridized carbons (Fsp3) is 0.581. The third kappa shape index (κ3) is 4.18. The van der Waals surface area contributed by atoms with Gasteiger partial charge in [0.25, 0.3) is 0 Å². The monoisotopic (exact) mass is 473 g/mol. The molecule has 2 spiro atoms. The second-order valence-electron chi connectivity index (χ2n) is 11.3. The van der Waals surface area contributed by atoms with Gasteiger partial charge in [-0.25, -0.2) is 0 Å². The highest BCUT2D eigenvalue weighted by Gasteiger charge is 2.59. The molecule has 2 bridgehead atoms. The Morgan fingerprint density at radius 2 is 2.00 bits per heavy atom. The highest BCUT2D eigenvalue weighted by atomic mass is 16.5. The molecule has 1 aromatic carbocycles. The van der Waals surface area contributed by atoms with Crippen molar-refractivity contribution in [3.8, 4) is 0 Å². The molecule has 6 rings (SSSR count). The van der Waals surface area contributed by atoms with Crippen molar-refractivity contribution in [3.63, 3.8) is 0 Å². The average Bonchev–Trinajstić information content (AvgIpc) is 3.23.